The Labute approximate surface area is 68.3 Å². The number of carbonyl (C=O) groups is 1. The Morgan fingerprint density at radius 1 is 1.55 bits per heavy atom. The molecule has 1 atom stereocenters. The van der Waals surface area contributed by atoms with Gasteiger partial charge in [-0.05, 0) is 12.3 Å². The van der Waals surface area contributed by atoms with Crippen molar-refractivity contribution in [2.24, 2.45) is 11.1 Å². The summed E-state index contributed by atoms with van der Waals surface area (Å²) in [6.45, 7) is 8.38. The topological polar surface area (TPSA) is 55.1 Å². The SMILES string of the molecule is CCNC(=O)[C@@H](N)C(C)(C)C. The van der Waals surface area contributed by atoms with Crippen molar-refractivity contribution in [3.63, 3.8) is 0 Å². The zero-order chi connectivity index (χ0) is 9.07. The minimum atomic E-state index is -0.414. The van der Waals surface area contributed by atoms with E-state index < -0.39 is 6.04 Å². The van der Waals surface area contributed by atoms with Crippen LogP contribution in [0.15, 0.2) is 0 Å². The second-order valence-electron chi connectivity index (χ2n) is 3.74. The minimum Gasteiger partial charge on any atom is -0.355 e. The molecule has 0 spiro atoms. The molecular formula is C8H18N2O. The molecule has 11 heavy (non-hydrogen) atoms. The fraction of sp³-hybridized carbons (Fsp3) is 0.875. The Bertz CT molecular complexity index is 138. The van der Waals surface area contributed by atoms with E-state index in [-0.39, 0.29) is 11.3 Å². The quantitative estimate of drug-likeness (QED) is 0.614. The molecule has 3 nitrogen and oxygen atoms in total. The average Bonchev–Trinajstić information content (AvgIpc) is 1.85. The highest BCUT2D eigenvalue weighted by Gasteiger charge is 2.26. The van der Waals surface area contributed by atoms with Gasteiger partial charge in [-0.15, -0.1) is 0 Å². The van der Waals surface area contributed by atoms with Crippen LogP contribution in [0.4, 0.5) is 0 Å². The van der Waals surface area contributed by atoms with Crippen LogP contribution in [0.25, 0.3) is 0 Å². The maximum absolute atomic E-state index is 11.2. The van der Waals surface area contributed by atoms with E-state index in [0.717, 1.165) is 0 Å². The van der Waals surface area contributed by atoms with Gasteiger partial charge in [-0.3, -0.25) is 4.79 Å². The van der Waals surface area contributed by atoms with E-state index in [1.54, 1.807) is 0 Å². The summed E-state index contributed by atoms with van der Waals surface area (Å²) in [6, 6.07) is -0.414. The third-order valence-electron chi connectivity index (χ3n) is 1.57. The van der Waals surface area contributed by atoms with Crippen LogP contribution in [-0.4, -0.2) is 18.5 Å². The fourth-order valence-corrected chi connectivity index (χ4v) is 0.677. The molecule has 0 saturated carbocycles. The molecule has 1 amide bonds. The van der Waals surface area contributed by atoms with Crippen LogP contribution in [-0.2, 0) is 4.79 Å². The molecule has 0 bridgehead atoms. The first-order valence-electron chi connectivity index (χ1n) is 3.93. The summed E-state index contributed by atoms with van der Waals surface area (Å²) in [5.41, 5.74) is 5.51. The smallest absolute Gasteiger partial charge is 0.237 e. The lowest BCUT2D eigenvalue weighted by molar-refractivity contribution is -0.124. The minimum absolute atomic E-state index is 0.0694. The van der Waals surface area contributed by atoms with Crippen molar-refractivity contribution >= 4 is 5.91 Å². The van der Waals surface area contributed by atoms with Crippen molar-refractivity contribution in [2.75, 3.05) is 6.54 Å². The lowest BCUT2D eigenvalue weighted by Gasteiger charge is -2.25. The van der Waals surface area contributed by atoms with Gasteiger partial charge in [-0.25, -0.2) is 0 Å². The Balaban J connectivity index is 4.03. The fourth-order valence-electron chi connectivity index (χ4n) is 0.677. The molecule has 0 aromatic carbocycles. The number of amides is 1. The molecule has 0 rings (SSSR count). The first-order valence-corrected chi connectivity index (χ1v) is 3.93. The van der Waals surface area contributed by atoms with E-state index in [4.69, 9.17) is 5.73 Å². The van der Waals surface area contributed by atoms with Gasteiger partial charge in [-0.2, -0.15) is 0 Å². The van der Waals surface area contributed by atoms with Crippen LogP contribution < -0.4 is 11.1 Å². The Hall–Kier alpha value is -0.570. The van der Waals surface area contributed by atoms with Crippen LogP contribution in [0, 0.1) is 5.41 Å². The number of hydrogen-bond donors (Lipinski definition) is 2. The molecule has 0 aliphatic heterocycles. The number of hydrogen-bond acceptors (Lipinski definition) is 2. The van der Waals surface area contributed by atoms with Gasteiger partial charge in [-0.1, -0.05) is 20.8 Å². The normalized spacial score (nSPS) is 14.3. The second kappa shape index (κ2) is 3.72. The highest BCUT2D eigenvalue weighted by atomic mass is 16.2. The Kier molecular flexibility index (Phi) is 3.52. The monoisotopic (exact) mass is 158 g/mol. The second-order valence-corrected chi connectivity index (χ2v) is 3.74. The molecule has 0 fully saturated rings. The molecule has 0 aliphatic carbocycles. The number of nitrogens with two attached hydrogens (primary N) is 1. The summed E-state index contributed by atoms with van der Waals surface area (Å²) >= 11 is 0. The van der Waals surface area contributed by atoms with Gasteiger partial charge in [0, 0.05) is 6.54 Å². The zero-order valence-electron chi connectivity index (χ0n) is 7.77. The maximum atomic E-state index is 11.2. The number of nitrogens with one attached hydrogen (secondary N) is 1. The van der Waals surface area contributed by atoms with E-state index in [0.29, 0.717) is 6.54 Å². The van der Waals surface area contributed by atoms with Crippen molar-refractivity contribution in [1.29, 1.82) is 0 Å². The largest absolute Gasteiger partial charge is 0.355 e. The molecule has 66 valence electrons. The lowest BCUT2D eigenvalue weighted by Crippen LogP contribution is -2.48. The van der Waals surface area contributed by atoms with Gasteiger partial charge in [0.25, 0.3) is 0 Å². The molecule has 0 aliphatic rings. The van der Waals surface area contributed by atoms with E-state index >= 15 is 0 Å². The van der Waals surface area contributed by atoms with Crippen LogP contribution in [0.2, 0.25) is 0 Å². The third kappa shape index (κ3) is 3.37. The maximum Gasteiger partial charge on any atom is 0.237 e. The van der Waals surface area contributed by atoms with E-state index in [1.165, 1.54) is 0 Å². The number of likely N-dealkylation sites (N-methyl/N-ethyl adjacent to an activating group) is 1. The van der Waals surface area contributed by atoms with E-state index in [1.807, 2.05) is 27.7 Å². The zero-order valence-corrected chi connectivity index (χ0v) is 7.77. The molecular weight excluding hydrogens is 140 g/mol. The van der Waals surface area contributed by atoms with E-state index in [9.17, 15) is 4.79 Å². The van der Waals surface area contributed by atoms with Crippen LogP contribution >= 0.6 is 0 Å². The highest BCUT2D eigenvalue weighted by Crippen LogP contribution is 2.16. The van der Waals surface area contributed by atoms with Gasteiger partial charge in [0.05, 0.1) is 6.04 Å². The average molecular weight is 158 g/mol. The van der Waals surface area contributed by atoms with E-state index in [2.05, 4.69) is 5.32 Å². The molecule has 0 aromatic heterocycles. The van der Waals surface area contributed by atoms with Crippen molar-refractivity contribution in [3.05, 3.63) is 0 Å². The summed E-state index contributed by atoms with van der Waals surface area (Å²) in [6.07, 6.45) is 0. The van der Waals surface area contributed by atoms with Gasteiger partial charge >= 0.3 is 0 Å². The van der Waals surface area contributed by atoms with Crippen molar-refractivity contribution in [1.82, 2.24) is 5.32 Å². The molecule has 0 radical (unpaired) electrons. The highest BCUT2D eigenvalue weighted by molar-refractivity contribution is 5.82. The van der Waals surface area contributed by atoms with Crippen molar-refractivity contribution < 1.29 is 4.79 Å². The van der Waals surface area contributed by atoms with Gasteiger partial charge in [0.2, 0.25) is 5.91 Å². The van der Waals surface area contributed by atoms with Gasteiger partial charge in [0.1, 0.15) is 0 Å². The molecule has 0 aromatic rings. The van der Waals surface area contributed by atoms with Gasteiger partial charge in [0.15, 0.2) is 0 Å². The predicted octanol–water partition coefficient (Wildman–Crippen LogP) is 0.496. The summed E-state index contributed by atoms with van der Waals surface area (Å²) in [5.74, 6) is -0.0694. The molecule has 0 unspecified atom stereocenters. The van der Waals surface area contributed by atoms with Crippen LogP contribution in [0.1, 0.15) is 27.7 Å². The number of carbonyl (C=O) groups excluding carboxylic acids is 1. The number of rotatable bonds is 2. The van der Waals surface area contributed by atoms with Crippen molar-refractivity contribution in [3.8, 4) is 0 Å². The predicted molar refractivity (Wildman–Crippen MR) is 46.1 cm³/mol. The summed E-state index contributed by atoms with van der Waals surface area (Å²) < 4.78 is 0. The summed E-state index contributed by atoms with van der Waals surface area (Å²) in [4.78, 5) is 11.2. The Morgan fingerprint density at radius 3 is 2.27 bits per heavy atom. The van der Waals surface area contributed by atoms with Crippen LogP contribution in [0.3, 0.4) is 0 Å². The first-order chi connectivity index (χ1) is 4.89. The lowest BCUT2D eigenvalue weighted by atomic mass is 9.87. The van der Waals surface area contributed by atoms with Crippen molar-refractivity contribution in [2.45, 2.75) is 33.7 Å². The Morgan fingerprint density at radius 2 is 2.00 bits per heavy atom. The molecule has 0 saturated heterocycles. The molecule has 0 heterocycles. The van der Waals surface area contributed by atoms with Gasteiger partial charge < -0.3 is 11.1 Å². The molecule has 3 N–H and O–H groups in total. The summed E-state index contributed by atoms with van der Waals surface area (Å²) in [5, 5.41) is 2.69. The summed E-state index contributed by atoms with van der Waals surface area (Å²) in [7, 11) is 0. The third-order valence-corrected chi connectivity index (χ3v) is 1.57. The van der Waals surface area contributed by atoms with Crippen LogP contribution in [0.5, 0.6) is 0 Å². The standard InChI is InChI=1S/C8H18N2O/c1-5-10-7(11)6(9)8(2,3)4/h6H,5,9H2,1-4H3,(H,10,11)/t6-/m1/s1. The first kappa shape index (κ1) is 10.4. The molecule has 3 heteroatoms.